The van der Waals surface area contributed by atoms with Gasteiger partial charge in [-0.25, -0.2) is 0 Å². The van der Waals surface area contributed by atoms with Gasteiger partial charge in [-0.3, -0.25) is 3.79 Å². The molecule has 0 fully saturated rings. The van der Waals surface area contributed by atoms with Crippen molar-refractivity contribution in [1.29, 1.82) is 0 Å². The number of para-hydroxylation sites is 3. The van der Waals surface area contributed by atoms with Crippen molar-refractivity contribution in [2.24, 2.45) is 0 Å². The van der Waals surface area contributed by atoms with Crippen LogP contribution in [0.3, 0.4) is 0 Å². The Hall–Kier alpha value is -3.30. The molecule has 3 aromatic heterocycles. The van der Waals surface area contributed by atoms with E-state index in [0.29, 0.717) is 0 Å². The van der Waals surface area contributed by atoms with E-state index in [4.69, 9.17) is 0 Å². The van der Waals surface area contributed by atoms with Crippen LogP contribution in [0, 0.1) is 0 Å². The summed E-state index contributed by atoms with van der Waals surface area (Å²) in [5, 5.41) is 5.27. The topological polar surface area (TPSA) is 8.82 Å². The molecule has 0 bridgehead atoms. The summed E-state index contributed by atoms with van der Waals surface area (Å²) in [4.78, 5) is 0. The lowest BCUT2D eigenvalue weighted by Crippen LogP contribution is -1.84. The molecule has 27 heavy (non-hydrogen) atoms. The lowest BCUT2D eigenvalue weighted by molar-refractivity contribution is 1.35. The monoisotopic (exact) mass is 362 g/mol. The highest BCUT2D eigenvalue weighted by Crippen LogP contribution is 2.40. The SMILES string of the molecule is c1ccc2c(c1)sn1c3ccccc3c3ccc4c5ccccc5n2c4c31. The largest absolute Gasteiger partial charge is 0.306 e. The van der Waals surface area contributed by atoms with Crippen LogP contribution in [0.25, 0.3) is 53.8 Å². The average Bonchev–Trinajstić information content (AvgIpc) is 3.16. The van der Waals surface area contributed by atoms with E-state index in [-0.39, 0.29) is 0 Å². The predicted octanol–water partition coefficient (Wildman–Crippen LogP) is 6.87. The highest BCUT2D eigenvalue weighted by molar-refractivity contribution is 7.13. The Labute approximate surface area is 158 Å². The predicted molar refractivity (Wildman–Crippen MR) is 116 cm³/mol. The van der Waals surface area contributed by atoms with Gasteiger partial charge in [-0.05, 0) is 24.3 Å². The molecular formula is C24H14N2S. The molecule has 2 nitrogen and oxygen atoms in total. The van der Waals surface area contributed by atoms with Crippen molar-refractivity contribution < 1.29 is 0 Å². The molecule has 0 spiro atoms. The molecule has 3 heterocycles. The van der Waals surface area contributed by atoms with Gasteiger partial charge in [-0.2, -0.15) is 0 Å². The molecule has 0 N–H and O–H groups in total. The summed E-state index contributed by atoms with van der Waals surface area (Å²) in [6, 6.07) is 30.8. The van der Waals surface area contributed by atoms with Gasteiger partial charge in [0.2, 0.25) is 0 Å². The standard InChI is InChI=1S/C24H14N2S/c1-3-9-19-15(7-1)17-13-14-18-16-8-2-4-10-20(16)26-24(18)23(17)25(19)21-11-5-6-12-22(21)27-26/h1-14H. The molecule has 0 saturated carbocycles. The summed E-state index contributed by atoms with van der Waals surface area (Å²) in [7, 11) is 0. The molecule has 7 rings (SSSR count). The van der Waals surface area contributed by atoms with Crippen LogP contribution < -0.4 is 0 Å². The van der Waals surface area contributed by atoms with E-state index >= 15 is 0 Å². The second kappa shape index (κ2) is 4.70. The maximum absolute atomic E-state index is 2.46. The molecule has 0 saturated heterocycles. The van der Waals surface area contributed by atoms with Crippen LogP contribution in [-0.4, -0.2) is 8.19 Å². The average molecular weight is 362 g/mol. The fourth-order valence-electron chi connectivity index (χ4n) is 4.62. The maximum Gasteiger partial charge on any atom is 0.0892 e. The van der Waals surface area contributed by atoms with Gasteiger partial charge in [-0.15, -0.1) is 0 Å². The molecule has 4 aromatic carbocycles. The van der Waals surface area contributed by atoms with E-state index < -0.39 is 0 Å². The number of hydrogen-bond donors (Lipinski definition) is 0. The molecule has 0 aliphatic rings. The van der Waals surface area contributed by atoms with Crippen molar-refractivity contribution >= 4 is 65.4 Å². The third kappa shape index (κ3) is 1.57. The van der Waals surface area contributed by atoms with Gasteiger partial charge in [-0.1, -0.05) is 72.2 Å². The number of aromatic nitrogens is 2. The molecule has 0 radical (unpaired) electrons. The Morgan fingerprint density at radius 3 is 1.89 bits per heavy atom. The van der Waals surface area contributed by atoms with Crippen molar-refractivity contribution in [2.45, 2.75) is 0 Å². The Bertz CT molecular complexity index is 1680. The van der Waals surface area contributed by atoms with Crippen molar-refractivity contribution in [2.75, 3.05) is 0 Å². The lowest BCUT2D eigenvalue weighted by atomic mass is 10.1. The first-order chi connectivity index (χ1) is 13.4. The second-order valence-corrected chi connectivity index (χ2v) is 8.07. The smallest absolute Gasteiger partial charge is 0.0892 e. The maximum atomic E-state index is 2.46. The lowest BCUT2D eigenvalue weighted by Gasteiger charge is -2.00. The highest BCUT2D eigenvalue weighted by atomic mass is 32.1. The van der Waals surface area contributed by atoms with Gasteiger partial charge in [0.1, 0.15) is 0 Å². The minimum absolute atomic E-state index is 1.26. The first-order valence-electron chi connectivity index (χ1n) is 9.15. The second-order valence-electron chi connectivity index (χ2n) is 7.08. The van der Waals surface area contributed by atoms with Crippen LogP contribution in [0.15, 0.2) is 84.9 Å². The van der Waals surface area contributed by atoms with E-state index in [2.05, 4.69) is 93.1 Å². The van der Waals surface area contributed by atoms with E-state index in [0.717, 1.165) is 0 Å². The summed E-state index contributed by atoms with van der Waals surface area (Å²) in [5.74, 6) is 0. The fraction of sp³-hybridized carbons (Fsp3) is 0. The van der Waals surface area contributed by atoms with E-state index in [9.17, 15) is 0 Å². The van der Waals surface area contributed by atoms with Gasteiger partial charge < -0.3 is 4.40 Å². The molecular weight excluding hydrogens is 348 g/mol. The van der Waals surface area contributed by atoms with Gasteiger partial charge in [0.25, 0.3) is 0 Å². The summed E-state index contributed by atoms with van der Waals surface area (Å²) in [5.41, 5.74) is 6.42. The molecule has 0 aliphatic heterocycles. The van der Waals surface area contributed by atoms with Crippen molar-refractivity contribution in [3.8, 4) is 0 Å². The van der Waals surface area contributed by atoms with Crippen molar-refractivity contribution in [3.05, 3.63) is 84.9 Å². The van der Waals surface area contributed by atoms with Crippen molar-refractivity contribution in [1.82, 2.24) is 8.19 Å². The molecule has 0 atom stereocenters. The first kappa shape index (κ1) is 13.8. The number of hydrogen-bond acceptors (Lipinski definition) is 1. The van der Waals surface area contributed by atoms with Gasteiger partial charge in [0.05, 0.1) is 32.3 Å². The minimum Gasteiger partial charge on any atom is -0.306 e. The van der Waals surface area contributed by atoms with Crippen LogP contribution in [0.1, 0.15) is 0 Å². The quantitative estimate of drug-likeness (QED) is 0.278. The van der Waals surface area contributed by atoms with E-state index in [1.165, 1.54) is 53.8 Å². The molecule has 0 amide bonds. The fourth-order valence-corrected chi connectivity index (χ4v) is 5.75. The Balaban J connectivity index is 2.02. The molecule has 0 aliphatic carbocycles. The van der Waals surface area contributed by atoms with Gasteiger partial charge in [0.15, 0.2) is 0 Å². The molecule has 3 heteroatoms. The van der Waals surface area contributed by atoms with Crippen LogP contribution >= 0.6 is 11.5 Å². The normalized spacial score (nSPS) is 12.4. The zero-order valence-corrected chi connectivity index (χ0v) is 15.2. The third-order valence-electron chi connectivity index (χ3n) is 5.72. The summed E-state index contributed by atoms with van der Waals surface area (Å²) in [6.45, 7) is 0. The Morgan fingerprint density at radius 1 is 0.481 bits per heavy atom. The van der Waals surface area contributed by atoms with E-state index in [1.807, 2.05) is 11.5 Å². The van der Waals surface area contributed by atoms with Crippen molar-refractivity contribution in [3.63, 3.8) is 0 Å². The Kier molecular flexibility index (Phi) is 2.41. The van der Waals surface area contributed by atoms with Crippen LogP contribution in [0.4, 0.5) is 0 Å². The van der Waals surface area contributed by atoms with E-state index in [1.54, 1.807) is 0 Å². The molecule has 0 unspecified atom stereocenters. The molecule has 7 aromatic rings. The van der Waals surface area contributed by atoms with Gasteiger partial charge in [0, 0.05) is 21.5 Å². The number of nitrogens with zero attached hydrogens (tertiary/aromatic N) is 2. The number of fused-ring (bicyclic) bond motifs is 8. The third-order valence-corrected chi connectivity index (χ3v) is 6.83. The Morgan fingerprint density at radius 2 is 1.07 bits per heavy atom. The number of benzene rings is 4. The zero-order valence-electron chi connectivity index (χ0n) is 14.4. The van der Waals surface area contributed by atoms with Gasteiger partial charge >= 0.3 is 0 Å². The minimum atomic E-state index is 1.26. The molecule has 126 valence electrons. The van der Waals surface area contributed by atoms with Crippen LogP contribution in [0.2, 0.25) is 0 Å². The first-order valence-corrected chi connectivity index (χ1v) is 9.92. The zero-order chi connectivity index (χ0) is 17.5. The summed E-state index contributed by atoms with van der Waals surface area (Å²) in [6.07, 6.45) is 0. The van der Waals surface area contributed by atoms with Crippen LogP contribution in [-0.2, 0) is 0 Å². The summed E-state index contributed by atoms with van der Waals surface area (Å²) < 4.78 is 6.16. The summed E-state index contributed by atoms with van der Waals surface area (Å²) >= 11 is 1.83. The number of rotatable bonds is 0. The highest BCUT2D eigenvalue weighted by Gasteiger charge is 2.18. The van der Waals surface area contributed by atoms with Crippen LogP contribution in [0.5, 0.6) is 0 Å².